The third-order valence-electron chi connectivity index (χ3n) is 4.63. The van der Waals surface area contributed by atoms with Gasteiger partial charge in [-0.3, -0.25) is 14.8 Å². The molecule has 0 aliphatic rings. The first kappa shape index (κ1) is 21.5. The van der Waals surface area contributed by atoms with Crippen LogP contribution in [0.2, 0.25) is 0 Å². The highest BCUT2D eigenvalue weighted by Gasteiger charge is 2.25. The Bertz CT molecular complexity index is 1160. The van der Waals surface area contributed by atoms with Crippen LogP contribution < -0.4 is 15.5 Å². The molecule has 2 amide bonds. The van der Waals surface area contributed by atoms with Gasteiger partial charge in [-0.05, 0) is 49.2 Å². The molecule has 1 heterocycles. The average molecular weight is 430 g/mol. The van der Waals surface area contributed by atoms with Crippen molar-refractivity contribution >= 4 is 38.4 Å². The summed E-state index contributed by atoms with van der Waals surface area (Å²) >= 11 is 0. The molecule has 158 valence electrons. The fraction of sp³-hybridized carbons (Fsp3) is 0.200. The molecule has 3 rings (SSSR count). The summed E-state index contributed by atoms with van der Waals surface area (Å²) in [5.74, 6) is -1.37. The second-order valence-corrected chi connectivity index (χ2v) is 8.69. The highest BCUT2D eigenvalue weighted by Crippen LogP contribution is 2.20. The molecule has 0 unspecified atom stereocenters. The van der Waals surface area contributed by atoms with E-state index in [1.54, 1.807) is 6.20 Å². The van der Waals surface area contributed by atoms with E-state index in [1.807, 2.05) is 24.3 Å². The number of para-hydroxylation sites is 1. The minimum Gasteiger partial charge on any atom is -0.361 e. The van der Waals surface area contributed by atoms with Crippen LogP contribution in [0.3, 0.4) is 0 Å². The van der Waals surface area contributed by atoms with Gasteiger partial charge >= 0.3 is 0 Å². The van der Waals surface area contributed by atoms with E-state index in [0.717, 1.165) is 16.5 Å². The molecule has 0 spiro atoms. The first-order valence-corrected chi connectivity index (χ1v) is 10.9. The average Bonchev–Trinajstić information content (AvgIpc) is 3.16. The Balaban J connectivity index is 1.82. The Morgan fingerprint density at radius 1 is 1.10 bits per heavy atom. The molecule has 1 atom stereocenters. The van der Waals surface area contributed by atoms with Crippen molar-refractivity contribution in [2.45, 2.75) is 19.4 Å². The first-order valence-electron chi connectivity index (χ1n) is 9.23. The number of nitrogens with one attached hydrogen (secondary N) is 4. The number of amides is 2. The summed E-state index contributed by atoms with van der Waals surface area (Å²) in [7, 11) is -3.64. The van der Waals surface area contributed by atoms with Crippen LogP contribution in [0.5, 0.6) is 0 Å². The number of aromatic nitrogens is 1. The molecule has 2 aromatic carbocycles. The van der Waals surface area contributed by atoms with E-state index in [9.17, 15) is 18.0 Å². The number of sulfonamides is 1. The van der Waals surface area contributed by atoms with Gasteiger partial charge in [-0.2, -0.15) is 0 Å². The zero-order valence-electron chi connectivity index (χ0n) is 16.2. The third-order valence-corrected chi connectivity index (χ3v) is 6.04. The molecule has 0 fully saturated rings. The SMILES string of the molecule is CCS(=O)(=O)N[C@@H](Cc1c[nH]c2ccccc12)C(=O)Nc1ccc(C(=O)NO)cc1. The smallest absolute Gasteiger partial charge is 0.274 e. The summed E-state index contributed by atoms with van der Waals surface area (Å²) in [6, 6.07) is 12.3. The molecular weight excluding hydrogens is 408 g/mol. The van der Waals surface area contributed by atoms with Gasteiger partial charge in [0.15, 0.2) is 0 Å². The van der Waals surface area contributed by atoms with Crippen molar-refractivity contribution in [1.82, 2.24) is 15.2 Å². The van der Waals surface area contributed by atoms with E-state index in [0.29, 0.717) is 5.69 Å². The zero-order chi connectivity index (χ0) is 21.7. The Morgan fingerprint density at radius 3 is 2.47 bits per heavy atom. The summed E-state index contributed by atoms with van der Waals surface area (Å²) in [5, 5.41) is 12.2. The zero-order valence-corrected chi connectivity index (χ0v) is 17.0. The van der Waals surface area contributed by atoms with Gasteiger partial charge in [0.05, 0.1) is 5.75 Å². The van der Waals surface area contributed by atoms with Crippen LogP contribution in [0.4, 0.5) is 5.69 Å². The molecule has 0 radical (unpaired) electrons. The highest BCUT2D eigenvalue weighted by atomic mass is 32.2. The number of hydrogen-bond donors (Lipinski definition) is 5. The highest BCUT2D eigenvalue weighted by molar-refractivity contribution is 7.89. The van der Waals surface area contributed by atoms with E-state index in [-0.39, 0.29) is 17.7 Å². The van der Waals surface area contributed by atoms with Crippen LogP contribution in [0.15, 0.2) is 54.7 Å². The lowest BCUT2D eigenvalue weighted by molar-refractivity contribution is -0.117. The lowest BCUT2D eigenvalue weighted by Gasteiger charge is -2.18. The van der Waals surface area contributed by atoms with Gasteiger partial charge < -0.3 is 10.3 Å². The van der Waals surface area contributed by atoms with Crippen molar-refractivity contribution in [3.63, 3.8) is 0 Å². The van der Waals surface area contributed by atoms with E-state index in [2.05, 4.69) is 15.0 Å². The lowest BCUT2D eigenvalue weighted by atomic mass is 10.0. The normalized spacial score (nSPS) is 12.5. The first-order chi connectivity index (χ1) is 14.3. The molecule has 9 nitrogen and oxygen atoms in total. The van der Waals surface area contributed by atoms with Crippen LogP contribution in [0.25, 0.3) is 10.9 Å². The molecule has 3 aromatic rings. The Kier molecular flexibility index (Phi) is 6.50. The number of hydroxylamine groups is 1. The van der Waals surface area contributed by atoms with Crippen molar-refractivity contribution in [2.24, 2.45) is 0 Å². The second kappa shape index (κ2) is 9.08. The van der Waals surface area contributed by atoms with Gasteiger partial charge in [0, 0.05) is 28.4 Å². The maximum absolute atomic E-state index is 12.9. The summed E-state index contributed by atoms with van der Waals surface area (Å²) in [4.78, 5) is 27.4. The maximum Gasteiger partial charge on any atom is 0.274 e. The third kappa shape index (κ3) is 5.03. The number of hydrogen-bond acceptors (Lipinski definition) is 5. The molecule has 5 N–H and O–H groups in total. The second-order valence-electron chi connectivity index (χ2n) is 6.65. The summed E-state index contributed by atoms with van der Waals surface area (Å²) in [6.07, 6.45) is 1.91. The predicted octanol–water partition coefficient (Wildman–Crippen LogP) is 1.78. The van der Waals surface area contributed by atoms with Crippen molar-refractivity contribution in [3.05, 3.63) is 65.9 Å². The van der Waals surface area contributed by atoms with Gasteiger partial charge in [0.2, 0.25) is 15.9 Å². The number of fused-ring (bicyclic) bond motifs is 1. The number of carbonyl (C=O) groups is 2. The van der Waals surface area contributed by atoms with E-state index >= 15 is 0 Å². The van der Waals surface area contributed by atoms with Crippen molar-refractivity contribution < 1.29 is 23.2 Å². The largest absolute Gasteiger partial charge is 0.361 e. The van der Waals surface area contributed by atoms with Crippen molar-refractivity contribution in [3.8, 4) is 0 Å². The number of H-pyrrole nitrogens is 1. The van der Waals surface area contributed by atoms with Crippen LogP contribution in [0, 0.1) is 0 Å². The minimum absolute atomic E-state index is 0.153. The van der Waals surface area contributed by atoms with E-state index < -0.39 is 27.9 Å². The number of anilines is 1. The number of benzene rings is 2. The molecule has 0 aliphatic heterocycles. The van der Waals surface area contributed by atoms with Crippen LogP contribution in [0.1, 0.15) is 22.8 Å². The Labute approximate surface area is 173 Å². The Morgan fingerprint density at radius 2 is 1.80 bits per heavy atom. The van der Waals surface area contributed by atoms with Crippen molar-refractivity contribution in [2.75, 3.05) is 11.1 Å². The van der Waals surface area contributed by atoms with Crippen molar-refractivity contribution in [1.29, 1.82) is 0 Å². The number of aromatic amines is 1. The number of carbonyl (C=O) groups excluding carboxylic acids is 2. The topological polar surface area (TPSA) is 140 Å². The molecule has 0 aliphatic carbocycles. The van der Waals surface area contributed by atoms with E-state index in [1.165, 1.54) is 36.7 Å². The van der Waals surface area contributed by atoms with Gasteiger partial charge in [0.25, 0.3) is 5.91 Å². The molecule has 10 heteroatoms. The standard InChI is InChI=1S/C20H22N4O5S/c1-2-30(28,29)24-18(11-14-12-21-17-6-4-3-5-16(14)17)20(26)22-15-9-7-13(8-10-15)19(25)23-27/h3-10,12,18,21,24,27H,2,11H2,1H3,(H,22,26)(H,23,25)/t18-/m0/s1. The van der Waals surface area contributed by atoms with Gasteiger partial charge in [-0.25, -0.2) is 18.6 Å². The quantitative estimate of drug-likeness (QED) is 0.274. The van der Waals surface area contributed by atoms with Crippen LogP contribution >= 0.6 is 0 Å². The van der Waals surface area contributed by atoms with Crippen LogP contribution in [-0.4, -0.2) is 42.2 Å². The maximum atomic E-state index is 12.9. The molecule has 0 bridgehead atoms. The molecule has 0 saturated carbocycles. The molecule has 0 saturated heterocycles. The molecule has 1 aromatic heterocycles. The van der Waals surface area contributed by atoms with Crippen LogP contribution in [-0.2, 0) is 21.2 Å². The Hall–Kier alpha value is -3.21. The molecule has 30 heavy (non-hydrogen) atoms. The van der Waals surface area contributed by atoms with Gasteiger partial charge in [-0.15, -0.1) is 0 Å². The summed E-state index contributed by atoms with van der Waals surface area (Å²) in [6.45, 7) is 1.49. The summed E-state index contributed by atoms with van der Waals surface area (Å²) < 4.78 is 26.7. The molecular formula is C20H22N4O5S. The van der Waals surface area contributed by atoms with Gasteiger partial charge in [0.1, 0.15) is 6.04 Å². The lowest BCUT2D eigenvalue weighted by Crippen LogP contribution is -2.45. The fourth-order valence-electron chi connectivity index (χ4n) is 3.01. The fourth-order valence-corrected chi connectivity index (χ4v) is 3.80. The predicted molar refractivity (Wildman–Crippen MR) is 113 cm³/mol. The van der Waals surface area contributed by atoms with Gasteiger partial charge in [-0.1, -0.05) is 18.2 Å². The minimum atomic E-state index is -3.64. The number of rotatable bonds is 8. The summed E-state index contributed by atoms with van der Waals surface area (Å²) in [5.41, 5.74) is 3.81. The monoisotopic (exact) mass is 430 g/mol. The van der Waals surface area contributed by atoms with E-state index in [4.69, 9.17) is 5.21 Å².